The Balaban J connectivity index is 1.52. The summed E-state index contributed by atoms with van der Waals surface area (Å²) < 4.78 is 50.8. The second-order valence-electron chi connectivity index (χ2n) is 11.0. The molecule has 11 heteroatoms. The number of rotatable bonds is 12. The number of aryl methyl sites for hydroxylation is 1. The van der Waals surface area contributed by atoms with E-state index in [4.69, 9.17) is 24.7 Å². The number of hydrogen-bond acceptors (Lipinski definition) is 8. The number of amides is 1. The highest BCUT2D eigenvalue weighted by Crippen LogP contribution is 2.33. The van der Waals surface area contributed by atoms with Crippen molar-refractivity contribution in [2.45, 2.75) is 63.0 Å². The van der Waals surface area contributed by atoms with Crippen molar-refractivity contribution in [3.05, 3.63) is 59.7 Å². The van der Waals surface area contributed by atoms with Crippen LogP contribution in [0, 0.1) is 18.8 Å². The Kier molecular flexibility index (Phi) is 10.1. The Morgan fingerprint density at radius 3 is 2.45 bits per heavy atom. The highest BCUT2D eigenvalue weighted by molar-refractivity contribution is 7.89. The third-order valence-corrected chi connectivity index (χ3v) is 9.17. The van der Waals surface area contributed by atoms with Crippen molar-refractivity contribution in [2.24, 2.45) is 17.6 Å². The Bertz CT molecular complexity index is 1220. The van der Waals surface area contributed by atoms with E-state index in [1.54, 1.807) is 12.1 Å². The largest absolute Gasteiger partial charge is 0.497 e. The summed E-state index contributed by atoms with van der Waals surface area (Å²) in [5, 5.41) is 2.93. The maximum atomic E-state index is 13.7. The highest BCUT2D eigenvalue weighted by Gasteiger charge is 2.44. The van der Waals surface area contributed by atoms with Crippen molar-refractivity contribution >= 4 is 16.1 Å². The molecule has 2 saturated heterocycles. The summed E-state index contributed by atoms with van der Waals surface area (Å²) in [7, 11) is -2.33. The molecular formula is C29H41N3O7S. The summed E-state index contributed by atoms with van der Waals surface area (Å²) in [5.41, 5.74) is 8.77. The third-order valence-electron chi connectivity index (χ3n) is 7.32. The number of nitrogens with one attached hydrogen (secondary N) is 1. The van der Waals surface area contributed by atoms with E-state index in [9.17, 15) is 13.2 Å². The minimum absolute atomic E-state index is 0.00569. The fraction of sp³-hybridized carbons (Fsp3) is 0.552. The van der Waals surface area contributed by atoms with Gasteiger partial charge in [0.1, 0.15) is 11.9 Å². The van der Waals surface area contributed by atoms with Gasteiger partial charge >= 0.3 is 6.09 Å². The van der Waals surface area contributed by atoms with Crippen LogP contribution in [0.3, 0.4) is 0 Å². The predicted octanol–water partition coefficient (Wildman–Crippen LogP) is 3.08. The van der Waals surface area contributed by atoms with Crippen LogP contribution in [-0.2, 0) is 30.7 Å². The van der Waals surface area contributed by atoms with Gasteiger partial charge in [-0.2, -0.15) is 4.31 Å². The topological polar surface area (TPSA) is 129 Å². The molecule has 2 aromatic carbocycles. The summed E-state index contributed by atoms with van der Waals surface area (Å²) in [6, 6.07) is 12.9. The lowest BCUT2D eigenvalue weighted by Crippen LogP contribution is -2.55. The van der Waals surface area contributed by atoms with Gasteiger partial charge < -0.3 is 30.0 Å². The zero-order valence-electron chi connectivity index (χ0n) is 23.6. The van der Waals surface area contributed by atoms with Gasteiger partial charge in [-0.25, -0.2) is 13.2 Å². The van der Waals surface area contributed by atoms with Crippen molar-refractivity contribution in [1.82, 2.24) is 9.62 Å². The smallest absolute Gasteiger partial charge is 0.407 e. The lowest BCUT2D eigenvalue weighted by atomic mass is 9.99. The molecule has 3 N–H and O–H groups in total. The number of carbonyl (C=O) groups is 1. The van der Waals surface area contributed by atoms with Crippen LogP contribution in [0.2, 0.25) is 0 Å². The fourth-order valence-electron chi connectivity index (χ4n) is 5.10. The van der Waals surface area contributed by atoms with E-state index >= 15 is 0 Å². The number of nitrogens with zero attached hydrogens (tertiary/aromatic N) is 1. The van der Waals surface area contributed by atoms with E-state index in [0.717, 1.165) is 17.5 Å². The summed E-state index contributed by atoms with van der Waals surface area (Å²) >= 11 is 0. The van der Waals surface area contributed by atoms with Crippen LogP contribution in [0.25, 0.3) is 0 Å². The molecule has 0 saturated carbocycles. The summed E-state index contributed by atoms with van der Waals surface area (Å²) in [6.07, 6.45) is -0.178. The standard InChI is InChI=1S/C29H41N3O7S/c1-19(2)16-32(40(34,35)23-11-9-22(36-4)10-12-23)17-25(30)26(15-21-7-5-20(3)6-8-21)31-29(33)39-27-18-38-28-24(27)13-14-37-28/h5-12,19,24-28H,13-18,30H2,1-4H3,(H,31,33)/t24-,25?,26-,27-,28+/m0/s1. The molecular weight excluding hydrogens is 534 g/mol. The van der Waals surface area contributed by atoms with E-state index < -0.39 is 34.3 Å². The van der Waals surface area contributed by atoms with Crippen molar-refractivity contribution in [1.29, 1.82) is 0 Å². The van der Waals surface area contributed by atoms with Crippen LogP contribution in [0.4, 0.5) is 4.79 Å². The van der Waals surface area contributed by atoms with E-state index in [2.05, 4.69) is 5.32 Å². The second kappa shape index (κ2) is 13.3. The van der Waals surface area contributed by atoms with Crippen LogP contribution in [0.1, 0.15) is 31.4 Å². The zero-order chi connectivity index (χ0) is 28.9. The molecule has 0 bridgehead atoms. The van der Waals surface area contributed by atoms with Gasteiger partial charge in [0.2, 0.25) is 10.0 Å². The zero-order valence-corrected chi connectivity index (χ0v) is 24.4. The number of sulfonamides is 1. The quantitative estimate of drug-likeness (QED) is 0.395. The van der Waals surface area contributed by atoms with Crippen molar-refractivity contribution in [3.8, 4) is 5.75 Å². The summed E-state index contributed by atoms with van der Waals surface area (Å²) in [6.45, 7) is 7.03. The molecule has 0 spiro atoms. The average Bonchev–Trinajstić information content (AvgIpc) is 3.54. The molecule has 10 nitrogen and oxygen atoms in total. The molecule has 5 atom stereocenters. The summed E-state index contributed by atoms with van der Waals surface area (Å²) in [5.74, 6) is 0.624. The lowest BCUT2D eigenvalue weighted by molar-refractivity contribution is -0.0907. The van der Waals surface area contributed by atoms with E-state index in [-0.39, 0.29) is 42.7 Å². The molecule has 1 unspecified atom stereocenters. The van der Waals surface area contributed by atoms with Gasteiger partial charge in [-0.3, -0.25) is 0 Å². The molecule has 0 aromatic heterocycles. The number of alkyl carbamates (subject to hydrolysis) is 1. The molecule has 220 valence electrons. The Labute approximate surface area is 237 Å². The third kappa shape index (κ3) is 7.52. The first-order valence-corrected chi connectivity index (χ1v) is 15.2. The molecule has 2 heterocycles. The number of nitrogens with two attached hydrogens (primary N) is 1. The molecule has 1 amide bonds. The fourth-order valence-corrected chi connectivity index (χ4v) is 6.74. The first-order valence-electron chi connectivity index (χ1n) is 13.7. The van der Waals surface area contributed by atoms with Gasteiger partial charge in [0.05, 0.1) is 37.2 Å². The first-order chi connectivity index (χ1) is 19.1. The monoisotopic (exact) mass is 575 g/mol. The van der Waals surface area contributed by atoms with E-state index in [1.807, 2.05) is 45.0 Å². The Hall–Kier alpha value is -2.70. The molecule has 40 heavy (non-hydrogen) atoms. The molecule has 4 rings (SSSR count). The van der Waals surface area contributed by atoms with Crippen LogP contribution in [0.15, 0.2) is 53.4 Å². The van der Waals surface area contributed by atoms with Crippen LogP contribution in [0.5, 0.6) is 5.75 Å². The van der Waals surface area contributed by atoms with E-state index in [0.29, 0.717) is 18.8 Å². The number of ether oxygens (including phenoxy) is 4. The lowest BCUT2D eigenvalue weighted by Gasteiger charge is -2.31. The minimum Gasteiger partial charge on any atom is -0.497 e. The Morgan fingerprint density at radius 1 is 1.10 bits per heavy atom. The maximum Gasteiger partial charge on any atom is 0.407 e. The molecule has 2 aliphatic heterocycles. The maximum absolute atomic E-state index is 13.7. The average molecular weight is 576 g/mol. The van der Waals surface area contributed by atoms with Crippen molar-refractivity contribution in [3.63, 3.8) is 0 Å². The SMILES string of the molecule is COc1ccc(S(=O)(=O)N(CC(C)C)CC(N)[C@H](Cc2ccc(C)cc2)NC(=O)O[C@H]2CO[C@H]3OCC[C@H]32)cc1. The van der Waals surface area contributed by atoms with Gasteiger partial charge in [-0.1, -0.05) is 43.7 Å². The predicted molar refractivity (Wildman–Crippen MR) is 150 cm³/mol. The second-order valence-corrected chi connectivity index (χ2v) is 12.9. The van der Waals surface area contributed by atoms with Gasteiger partial charge in [0.15, 0.2) is 6.29 Å². The molecule has 0 radical (unpaired) electrons. The minimum atomic E-state index is -3.86. The Morgan fingerprint density at radius 2 is 1.80 bits per heavy atom. The van der Waals surface area contributed by atoms with E-state index in [1.165, 1.54) is 23.5 Å². The van der Waals surface area contributed by atoms with Crippen molar-refractivity contribution in [2.75, 3.05) is 33.4 Å². The highest BCUT2D eigenvalue weighted by atomic mass is 32.2. The summed E-state index contributed by atoms with van der Waals surface area (Å²) in [4.78, 5) is 13.2. The molecule has 2 aliphatic rings. The molecule has 2 aromatic rings. The van der Waals surface area contributed by atoms with Gasteiger partial charge in [-0.15, -0.1) is 0 Å². The van der Waals surface area contributed by atoms with Gasteiger partial charge in [-0.05, 0) is 55.5 Å². The number of carbonyl (C=O) groups excluding carboxylic acids is 1. The van der Waals surface area contributed by atoms with Crippen molar-refractivity contribution < 1.29 is 32.2 Å². The normalized spacial score (nSPS) is 22.2. The number of benzene rings is 2. The first kappa shape index (κ1) is 30.3. The van der Waals surface area contributed by atoms with Crippen LogP contribution < -0.4 is 15.8 Å². The van der Waals surface area contributed by atoms with Crippen LogP contribution >= 0.6 is 0 Å². The number of fused-ring (bicyclic) bond motifs is 1. The number of hydrogen-bond donors (Lipinski definition) is 2. The molecule has 0 aliphatic carbocycles. The molecule has 2 fully saturated rings. The van der Waals surface area contributed by atoms with Gasteiger partial charge in [0.25, 0.3) is 0 Å². The van der Waals surface area contributed by atoms with Crippen LogP contribution in [-0.4, -0.2) is 76.7 Å². The van der Waals surface area contributed by atoms with Gasteiger partial charge in [0, 0.05) is 19.1 Å². The number of methoxy groups -OCH3 is 1.